The minimum absolute atomic E-state index is 0.0925. The van der Waals surface area contributed by atoms with Gasteiger partial charge >= 0.3 is 0 Å². The average molecular weight is 413 g/mol. The lowest BCUT2D eigenvalue weighted by Crippen LogP contribution is -2.16. The highest BCUT2D eigenvalue weighted by Gasteiger charge is 2.19. The Balaban J connectivity index is 1.84. The first kappa shape index (κ1) is 20.0. The van der Waals surface area contributed by atoms with E-state index in [1.165, 1.54) is 4.90 Å². The fraction of sp³-hybridized carbons (Fsp3) is 0.0952. The van der Waals surface area contributed by atoms with Gasteiger partial charge in [0.1, 0.15) is 0 Å². The molecule has 0 saturated heterocycles. The van der Waals surface area contributed by atoms with Crippen LogP contribution in [0.5, 0.6) is 0 Å². The SMILES string of the molecule is CN(C)C(=O)Sc1ccc(NS(=O)(=O)c2ccccc2-c2ccccc2)cc1. The lowest BCUT2D eigenvalue weighted by atomic mass is 10.1. The third-order valence-corrected chi connectivity index (χ3v) is 6.43. The van der Waals surface area contributed by atoms with Gasteiger partial charge in [0.2, 0.25) is 0 Å². The number of carbonyl (C=O) groups is 1. The summed E-state index contributed by atoms with van der Waals surface area (Å²) in [5.74, 6) is 0. The topological polar surface area (TPSA) is 66.5 Å². The smallest absolute Gasteiger partial charge is 0.285 e. The summed E-state index contributed by atoms with van der Waals surface area (Å²) in [5.41, 5.74) is 1.90. The molecule has 0 atom stereocenters. The monoisotopic (exact) mass is 412 g/mol. The van der Waals surface area contributed by atoms with Crippen LogP contribution in [0, 0.1) is 0 Å². The van der Waals surface area contributed by atoms with Crippen molar-refractivity contribution in [2.24, 2.45) is 0 Å². The molecule has 0 aliphatic carbocycles. The van der Waals surface area contributed by atoms with E-state index in [1.807, 2.05) is 36.4 Å². The lowest BCUT2D eigenvalue weighted by molar-refractivity contribution is 0.241. The molecular weight excluding hydrogens is 392 g/mol. The molecule has 3 aromatic rings. The molecule has 28 heavy (non-hydrogen) atoms. The minimum Gasteiger partial charge on any atom is -0.339 e. The number of nitrogens with zero attached hydrogens (tertiary/aromatic N) is 1. The Kier molecular flexibility index (Phi) is 6.06. The highest BCUT2D eigenvalue weighted by Crippen LogP contribution is 2.29. The van der Waals surface area contributed by atoms with Gasteiger partial charge in [-0.3, -0.25) is 9.52 Å². The van der Waals surface area contributed by atoms with Crippen LogP contribution in [0.15, 0.2) is 88.7 Å². The quantitative estimate of drug-likeness (QED) is 0.604. The van der Waals surface area contributed by atoms with Crippen molar-refractivity contribution in [3.63, 3.8) is 0 Å². The molecule has 7 heteroatoms. The van der Waals surface area contributed by atoms with Crippen molar-refractivity contribution in [2.45, 2.75) is 9.79 Å². The van der Waals surface area contributed by atoms with Gasteiger partial charge in [-0.25, -0.2) is 8.42 Å². The Labute approximate surface area is 169 Å². The molecule has 0 heterocycles. The zero-order chi connectivity index (χ0) is 20.1. The molecule has 0 spiro atoms. The molecule has 0 radical (unpaired) electrons. The highest BCUT2D eigenvalue weighted by atomic mass is 32.2. The molecule has 0 aliphatic rings. The second-order valence-electron chi connectivity index (χ2n) is 6.25. The van der Waals surface area contributed by atoms with Crippen LogP contribution >= 0.6 is 11.8 Å². The molecule has 1 amide bonds. The summed E-state index contributed by atoms with van der Waals surface area (Å²) in [4.78, 5) is 14.2. The average Bonchev–Trinajstić information content (AvgIpc) is 2.70. The summed E-state index contributed by atoms with van der Waals surface area (Å²) >= 11 is 1.08. The maximum Gasteiger partial charge on any atom is 0.285 e. The van der Waals surface area contributed by atoms with E-state index < -0.39 is 10.0 Å². The molecule has 0 aliphatic heterocycles. The highest BCUT2D eigenvalue weighted by molar-refractivity contribution is 8.13. The van der Waals surface area contributed by atoms with Crippen molar-refractivity contribution in [2.75, 3.05) is 18.8 Å². The van der Waals surface area contributed by atoms with Gasteiger partial charge in [-0.1, -0.05) is 48.5 Å². The first-order valence-corrected chi connectivity index (χ1v) is 10.8. The van der Waals surface area contributed by atoms with Crippen LogP contribution in [0.4, 0.5) is 10.5 Å². The summed E-state index contributed by atoms with van der Waals surface area (Å²) in [6, 6.07) is 23.0. The van der Waals surface area contributed by atoms with Gasteiger partial charge in [0.15, 0.2) is 0 Å². The van der Waals surface area contributed by atoms with E-state index in [0.29, 0.717) is 11.3 Å². The van der Waals surface area contributed by atoms with Crippen LogP contribution in [-0.2, 0) is 10.0 Å². The summed E-state index contributed by atoms with van der Waals surface area (Å²) in [5, 5.41) is -0.0925. The number of hydrogen-bond donors (Lipinski definition) is 1. The van der Waals surface area contributed by atoms with Crippen LogP contribution in [0.3, 0.4) is 0 Å². The van der Waals surface area contributed by atoms with Gasteiger partial charge < -0.3 is 4.90 Å². The predicted octanol–water partition coefficient (Wildman–Crippen LogP) is 4.93. The molecule has 0 saturated carbocycles. The lowest BCUT2D eigenvalue weighted by Gasteiger charge is -2.13. The molecule has 0 bridgehead atoms. The van der Waals surface area contributed by atoms with E-state index in [0.717, 1.165) is 22.2 Å². The van der Waals surface area contributed by atoms with Crippen molar-refractivity contribution in [3.05, 3.63) is 78.9 Å². The van der Waals surface area contributed by atoms with Crippen LogP contribution in [0.2, 0.25) is 0 Å². The molecule has 0 aromatic heterocycles. The largest absolute Gasteiger partial charge is 0.339 e. The normalized spacial score (nSPS) is 11.1. The van der Waals surface area contributed by atoms with E-state index in [9.17, 15) is 13.2 Å². The Morgan fingerprint density at radius 3 is 2.11 bits per heavy atom. The Bertz CT molecular complexity index is 1060. The van der Waals surface area contributed by atoms with Gasteiger partial charge in [0.05, 0.1) is 4.90 Å². The summed E-state index contributed by atoms with van der Waals surface area (Å²) < 4.78 is 28.6. The van der Waals surface area contributed by atoms with Gasteiger partial charge in [-0.05, 0) is 47.7 Å². The van der Waals surface area contributed by atoms with Crippen LogP contribution in [0.1, 0.15) is 0 Å². The van der Waals surface area contributed by atoms with Crippen molar-refractivity contribution < 1.29 is 13.2 Å². The maximum atomic E-state index is 13.0. The minimum atomic E-state index is -3.77. The third-order valence-electron chi connectivity index (χ3n) is 3.94. The Morgan fingerprint density at radius 1 is 0.857 bits per heavy atom. The summed E-state index contributed by atoms with van der Waals surface area (Å²) in [6.45, 7) is 0. The van der Waals surface area contributed by atoms with Crippen molar-refractivity contribution >= 4 is 32.7 Å². The van der Waals surface area contributed by atoms with Gasteiger partial charge in [-0.15, -0.1) is 0 Å². The van der Waals surface area contributed by atoms with Crippen LogP contribution < -0.4 is 4.72 Å². The standard InChI is InChI=1S/C21H20N2O3S2/c1-23(2)21(24)27-18-14-12-17(13-15-18)22-28(25,26)20-11-7-6-10-19(20)16-8-4-3-5-9-16/h3-15,22H,1-2H3. The number of hydrogen-bond acceptors (Lipinski definition) is 4. The van der Waals surface area contributed by atoms with Gasteiger partial charge in [0, 0.05) is 30.2 Å². The van der Waals surface area contributed by atoms with Crippen LogP contribution in [-0.4, -0.2) is 32.7 Å². The molecule has 1 N–H and O–H groups in total. The number of carbonyl (C=O) groups excluding carboxylic acids is 1. The van der Waals surface area contributed by atoms with E-state index in [1.54, 1.807) is 56.6 Å². The van der Waals surface area contributed by atoms with Gasteiger partial charge in [-0.2, -0.15) is 0 Å². The first-order valence-electron chi connectivity index (χ1n) is 8.53. The summed E-state index contributed by atoms with van der Waals surface area (Å²) in [7, 11) is -0.408. The fourth-order valence-corrected chi connectivity index (χ4v) is 4.50. The van der Waals surface area contributed by atoms with Crippen molar-refractivity contribution in [1.82, 2.24) is 4.90 Å². The van der Waals surface area contributed by atoms with E-state index in [-0.39, 0.29) is 10.1 Å². The van der Waals surface area contributed by atoms with E-state index in [2.05, 4.69) is 4.72 Å². The zero-order valence-electron chi connectivity index (χ0n) is 15.5. The molecule has 0 unspecified atom stereocenters. The van der Waals surface area contributed by atoms with Crippen LogP contribution in [0.25, 0.3) is 11.1 Å². The number of benzene rings is 3. The van der Waals surface area contributed by atoms with E-state index in [4.69, 9.17) is 0 Å². The first-order chi connectivity index (χ1) is 13.4. The Hall–Kier alpha value is -2.77. The second-order valence-corrected chi connectivity index (χ2v) is 8.93. The number of anilines is 1. The fourth-order valence-electron chi connectivity index (χ4n) is 2.55. The molecule has 3 aromatic carbocycles. The molecule has 5 nitrogen and oxygen atoms in total. The molecule has 144 valence electrons. The number of nitrogens with one attached hydrogen (secondary N) is 1. The second kappa shape index (κ2) is 8.50. The zero-order valence-corrected chi connectivity index (χ0v) is 17.1. The number of thioether (sulfide) groups is 1. The summed E-state index contributed by atoms with van der Waals surface area (Å²) in [6.07, 6.45) is 0. The Morgan fingerprint density at radius 2 is 1.46 bits per heavy atom. The molecular formula is C21H20N2O3S2. The maximum absolute atomic E-state index is 13.0. The number of amides is 1. The van der Waals surface area contributed by atoms with Crippen molar-refractivity contribution in [1.29, 1.82) is 0 Å². The third kappa shape index (κ3) is 4.74. The number of rotatable bonds is 5. The number of sulfonamides is 1. The molecule has 3 rings (SSSR count). The molecule has 0 fully saturated rings. The van der Waals surface area contributed by atoms with Crippen molar-refractivity contribution in [3.8, 4) is 11.1 Å². The van der Waals surface area contributed by atoms with E-state index >= 15 is 0 Å². The predicted molar refractivity (Wildman–Crippen MR) is 114 cm³/mol. The van der Waals surface area contributed by atoms with Gasteiger partial charge in [0.25, 0.3) is 15.3 Å².